The van der Waals surface area contributed by atoms with E-state index >= 15 is 0 Å². The van der Waals surface area contributed by atoms with Crippen molar-refractivity contribution >= 4 is 17.7 Å². The molecule has 6 heteroatoms. The first-order valence-corrected chi connectivity index (χ1v) is 10.4. The number of carboxylic acid groups (broad SMARTS) is 1. The number of rotatable bonds is 7. The number of phenols is 1. The van der Waals surface area contributed by atoms with E-state index in [1.165, 1.54) is 0 Å². The molecule has 0 saturated heterocycles. The fourth-order valence-electron chi connectivity index (χ4n) is 2.46. The molecule has 0 bridgehead atoms. The summed E-state index contributed by atoms with van der Waals surface area (Å²) < 4.78 is 0. The van der Waals surface area contributed by atoms with Crippen LogP contribution in [-0.4, -0.2) is 51.1 Å². The molecular weight excluding hydrogens is 364 g/mol. The van der Waals surface area contributed by atoms with E-state index in [0.717, 1.165) is 28.2 Å². The number of aliphatic hydroxyl groups excluding tert-OH is 2. The van der Waals surface area contributed by atoms with Crippen LogP contribution in [0.3, 0.4) is 0 Å². The number of aromatic hydroxyl groups is 1. The minimum absolute atomic E-state index is 0.109. The molecule has 0 heterocycles. The molecule has 0 amide bonds. The first-order chi connectivity index (χ1) is 12.3. The summed E-state index contributed by atoms with van der Waals surface area (Å²) in [5.74, 6) is 1.01. The van der Waals surface area contributed by atoms with Gasteiger partial charge in [-0.25, -0.2) is 0 Å². The van der Waals surface area contributed by atoms with Crippen LogP contribution >= 0.6 is 11.8 Å². The van der Waals surface area contributed by atoms with Crippen LogP contribution in [0.2, 0.25) is 0 Å². The lowest BCUT2D eigenvalue weighted by Gasteiger charge is -2.28. The number of phenolic OH excluding ortho intramolecular Hbond substituents is 1. The van der Waals surface area contributed by atoms with Crippen LogP contribution in [0.15, 0.2) is 12.1 Å². The maximum atomic E-state index is 10.8. The number of hydrogen-bond acceptors (Lipinski definition) is 5. The molecule has 0 aliphatic rings. The van der Waals surface area contributed by atoms with Gasteiger partial charge in [0, 0.05) is 17.9 Å². The number of benzene rings is 1. The normalized spacial score (nSPS) is 11.7. The summed E-state index contributed by atoms with van der Waals surface area (Å²) in [6.45, 7) is 12.7. The van der Waals surface area contributed by atoms with E-state index in [1.807, 2.05) is 12.1 Å². The van der Waals surface area contributed by atoms with E-state index in [9.17, 15) is 9.90 Å². The summed E-state index contributed by atoms with van der Waals surface area (Å²) in [4.78, 5) is 10.8. The quantitative estimate of drug-likeness (QED) is 0.521. The molecule has 0 saturated carbocycles. The molecule has 0 atom stereocenters. The molecule has 5 nitrogen and oxygen atoms in total. The van der Waals surface area contributed by atoms with E-state index in [4.69, 9.17) is 15.3 Å². The van der Waals surface area contributed by atoms with E-state index < -0.39 is 5.97 Å². The van der Waals surface area contributed by atoms with Gasteiger partial charge in [-0.3, -0.25) is 4.79 Å². The van der Waals surface area contributed by atoms with Gasteiger partial charge in [-0.15, -0.1) is 0 Å². The Bertz CT molecular complexity index is 546. The topological polar surface area (TPSA) is 98.0 Å². The molecule has 0 aromatic heterocycles. The molecule has 0 aliphatic heterocycles. The molecule has 1 aromatic rings. The van der Waals surface area contributed by atoms with Crippen molar-refractivity contribution in [3.63, 3.8) is 0 Å². The van der Waals surface area contributed by atoms with E-state index in [2.05, 4.69) is 41.5 Å². The Labute approximate surface area is 167 Å². The number of carboxylic acids is 1. The lowest BCUT2D eigenvalue weighted by molar-refractivity contribution is -0.136. The zero-order chi connectivity index (χ0) is 21.3. The average Bonchev–Trinajstić information content (AvgIpc) is 2.52. The highest BCUT2D eigenvalue weighted by Gasteiger charge is 2.26. The predicted octanol–water partition coefficient (Wildman–Crippen LogP) is 3.71. The Hall–Kier alpha value is -1.24. The Morgan fingerprint density at radius 2 is 1.33 bits per heavy atom. The molecule has 0 fully saturated rings. The number of thioether (sulfide) groups is 1. The number of aliphatic hydroxyl groups is 2. The Balaban J connectivity index is 0.000000821. The van der Waals surface area contributed by atoms with Crippen LogP contribution in [0, 0.1) is 0 Å². The first-order valence-electron chi connectivity index (χ1n) is 9.22. The molecule has 0 spiro atoms. The van der Waals surface area contributed by atoms with Gasteiger partial charge in [0.2, 0.25) is 0 Å². The highest BCUT2D eigenvalue weighted by Crippen LogP contribution is 2.39. The van der Waals surface area contributed by atoms with Gasteiger partial charge in [0.25, 0.3) is 0 Å². The van der Waals surface area contributed by atoms with Gasteiger partial charge in [-0.05, 0) is 33.9 Å². The van der Waals surface area contributed by atoms with Gasteiger partial charge >= 0.3 is 5.97 Å². The summed E-state index contributed by atoms with van der Waals surface area (Å²) in [5, 5.41) is 35.8. The third-order valence-electron chi connectivity index (χ3n) is 3.88. The van der Waals surface area contributed by atoms with Crippen molar-refractivity contribution in [3.05, 3.63) is 28.8 Å². The second-order valence-corrected chi connectivity index (χ2v) is 9.72. The number of aliphatic carboxylic acids is 1. The van der Waals surface area contributed by atoms with Crippen molar-refractivity contribution in [3.8, 4) is 5.75 Å². The second-order valence-electron chi connectivity index (χ2n) is 8.49. The Morgan fingerprint density at radius 3 is 1.63 bits per heavy atom. The summed E-state index contributed by atoms with van der Waals surface area (Å²) in [6.07, 6.45) is 0.597. The first kappa shape index (κ1) is 25.8. The fraction of sp³-hybridized carbons (Fsp3) is 0.667. The lowest BCUT2D eigenvalue weighted by Crippen LogP contribution is -2.18. The Kier molecular flexibility index (Phi) is 11.0. The SMILES string of the molecule is CC(C)(C)c1cc(CCC(=O)O)cc(C(C)(C)C)c1O.OCCSCCO. The smallest absolute Gasteiger partial charge is 0.303 e. The van der Waals surface area contributed by atoms with E-state index in [0.29, 0.717) is 12.2 Å². The monoisotopic (exact) mass is 400 g/mol. The van der Waals surface area contributed by atoms with Gasteiger partial charge in [-0.1, -0.05) is 53.7 Å². The van der Waals surface area contributed by atoms with Crippen molar-refractivity contribution in [2.75, 3.05) is 24.7 Å². The van der Waals surface area contributed by atoms with Crippen molar-refractivity contribution < 1.29 is 25.2 Å². The van der Waals surface area contributed by atoms with Crippen LogP contribution in [0.4, 0.5) is 0 Å². The Morgan fingerprint density at radius 1 is 0.926 bits per heavy atom. The maximum Gasteiger partial charge on any atom is 0.303 e. The van der Waals surface area contributed by atoms with Gasteiger partial charge in [0.05, 0.1) is 13.2 Å². The fourth-order valence-corrected chi connectivity index (χ4v) is 2.93. The van der Waals surface area contributed by atoms with Crippen LogP contribution < -0.4 is 0 Å². The molecule has 156 valence electrons. The van der Waals surface area contributed by atoms with Crippen LogP contribution in [0.1, 0.15) is 64.7 Å². The highest BCUT2D eigenvalue weighted by molar-refractivity contribution is 7.99. The molecule has 1 aromatic carbocycles. The van der Waals surface area contributed by atoms with E-state index in [1.54, 1.807) is 11.8 Å². The van der Waals surface area contributed by atoms with Gasteiger partial charge < -0.3 is 20.4 Å². The zero-order valence-corrected chi connectivity index (χ0v) is 18.3. The van der Waals surface area contributed by atoms with Gasteiger partial charge in [-0.2, -0.15) is 11.8 Å². The second kappa shape index (κ2) is 11.6. The molecule has 27 heavy (non-hydrogen) atoms. The molecular formula is C21H36O5S. The third kappa shape index (κ3) is 10.0. The number of aryl methyl sites for hydroxylation is 1. The molecule has 0 aliphatic carbocycles. The third-order valence-corrected chi connectivity index (χ3v) is 4.83. The van der Waals surface area contributed by atoms with Crippen molar-refractivity contribution in [2.24, 2.45) is 0 Å². The standard InChI is InChI=1S/C17H26O3.C4H10O2S/c1-16(2,3)12-9-11(7-8-14(18)19)10-13(15(12)20)17(4,5)6;5-1-3-7-4-2-6/h9-10,20H,7-8H2,1-6H3,(H,18,19);5-6H,1-4H2. The van der Waals surface area contributed by atoms with Crippen molar-refractivity contribution in [1.82, 2.24) is 0 Å². The average molecular weight is 401 g/mol. The van der Waals surface area contributed by atoms with Crippen molar-refractivity contribution in [1.29, 1.82) is 0 Å². The lowest BCUT2D eigenvalue weighted by atomic mass is 9.78. The van der Waals surface area contributed by atoms with E-state index in [-0.39, 0.29) is 30.5 Å². The van der Waals surface area contributed by atoms with Crippen LogP contribution in [-0.2, 0) is 22.0 Å². The molecule has 4 N–H and O–H groups in total. The summed E-state index contributed by atoms with van der Waals surface area (Å²) in [5.41, 5.74) is 2.38. The molecule has 0 radical (unpaired) electrons. The summed E-state index contributed by atoms with van der Waals surface area (Å²) in [7, 11) is 0. The van der Waals surface area contributed by atoms with Crippen molar-refractivity contribution in [2.45, 2.75) is 65.2 Å². The predicted molar refractivity (Wildman–Crippen MR) is 113 cm³/mol. The minimum atomic E-state index is -0.798. The summed E-state index contributed by atoms with van der Waals surface area (Å²) >= 11 is 1.55. The highest BCUT2D eigenvalue weighted by atomic mass is 32.2. The van der Waals surface area contributed by atoms with Crippen LogP contribution in [0.25, 0.3) is 0 Å². The van der Waals surface area contributed by atoms with Gasteiger partial charge in [0.15, 0.2) is 0 Å². The summed E-state index contributed by atoms with van der Waals surface area (Å²) in [6, 6.07) is 3.88. The molecule has 0 unspecified atom stereocenters. The minimum Gasteiger partial charge on any atom is -0.507 e. The maximum absolute atomic E-state index is 10.8. The number of carbonyl (C=O) groups is 1. The largest absolute Gasteiger partial charge is 0.507 e. The van der Waals surface area contributed by atoms with Gasteiger partial charge in [0.1, 0.15) is 5.75 Å². The zero-order valence-electron chi connectivity index (χ0n) is 17.5. The number of hydrogen-bond donors (Lipinski definition) is 4. The molecule has 1 rings (SSSR count). The van der Waals surface area contributed by atoms with Crippen LogP contribution in [0.5, 0.6) is 5.75 Å².